The summed E-state index contributed by atoms with van der Waals surface area (Å²) in [5.41, 5.74) is 5.21. The molecule has 3 nitrogen and oxygen atoms in total. The van der Waals surface area contributed by atoms with Gasteiger partial charge in [-0.2, -0.15) is 0 Å². The number of aryl methyl sites for hydroxylation is 3. The molecular weight excluding hydrogens is 236 g/mol. The highest BCUT2D eigenvalue weighted by Gasteiger charge is 2.38. The van der Waals surface area contributed by atoms with Crippen molar-refractivity contribution in [3.05, 3.63) is 34.4 Å². The van der Waals surface area contributed by atoms with Gasteiger partial charge < -0.3 is 10.6 Å². The fraction of sp³-hybridized carbons (Fsp3) is 0.562. The van der Waals surface area contributed by atoms with E-state index >= 15 is 0 Å². The van der Waals surface area contributed by atoms with E-state index in [0.29, 0.717) is 6.42 Å². The Morgan fingerprint density at radius 2 is 1.89 bits per heavy atom. The monoisotopic (exact) mass is 260 g/mol. The Labute approximate surface area is 115 Å². The van der Waals surface area contributed by atoms with Crippen molar-refractivity contribution in [2.24, 2.45) is 0 Å². The first-order valence-corrected chi connectivity index (χ1v) is 6.98. The van der Waals surface area contributed by atoms with E-state index in [-0.39, 0.29) is 11.3 Å². The van der Waals surface area contributed by atoms with Gasteiger partial charge in [-0.3, -0.25) is 4.79 Å². The summed E-state index contributed by atoms with van der Waals surface area (Å²) in [6.07, 6.45) is 1.59. The van der Waals surface area contributed by atoms with Crippen LogP contribution in [-0.4, -0.2) is 26.0 Å². The van der Waals surface area contributed by atoms with Gasteiger partial charge in [-0.25, -0.2) is 0 Å². The minimum absolute atomic E-state index is 0.0566. The third kappa shape index (κ3) is 2.66. The lowest BCUT2D eigenvalue weighted by atomic mass is 9.69. The summed E-state index contributed by atoms with van der Waals surface area (Å²) in [5.74, 6) is 0.167. The summed E-state index contributed by atoms with van der Waals surface area (Å²) in [7, 11) is 1.97. The molecule has 2 rings (SSSR count). The number of amides is 1. The Morgan fingerprint density at radius 1 is 1.26 bits per heavy atom. The van der Waals surface area contributed by atoms with Crippen LogP contribution in [0.15, 0.2) is 12.1 Å². The van der Waals surface area contributed by atoms with Crippen LogP contribution < -0.4 is 10.6 Å². The Bertz CT molecular complexity index is 469. The van der Waals surface area contributed by atoms with Gasteiger partial charge in [0.05, 0.1) is 0 Å². The number of benzene rings is 1. The Morgan fingerprint density at radius 3 is 2.42 bits per heavy atom. The molecule has 0 spiro atoms. The molecule has 0 radical (unpaired) electrons. The third-order valence-electron chi connectivity index (χ3n) is 4.15. The van der Waals surface area contributed by atoms with Gasteiger partial charge >= 0.3 is 0 Å². The van der Waals surface area contributed by atoms with Crippen LogP contribution in [0.3, 0.4) is 0 Å². The number of hydrogen-bond acceptors (Lipinski definition) is 2. The lowest BCUT2D eigenvalue weighted by Crippen LogP contribution is -2.49. The van der Waals surface area contributed by atoms with Gasteiger partial charge in [0.15, 0.2) is 0 Å². The number of piperidine rings is 1. The zero-order valence-electron chi connectivity index (χ0n) is 12.4. The number of carbonyl (C=O) groups is 1. The zero-order chi connectivity index (χ0) is 14.0. The van der Waals surface area contributed by atoms with E-state index in [1.807, 2.05) is 7.05 Å². The predicted octanol–water partition coefficient (Wildman–Crippen LogP) is 1.98. The van der Waals surface area contributed by atoms with Crippen molar-refractivity contribution in [1.29, 1.82) is 0 Å². The van der Waals surface area contributed by atoms with Gasteiger partial charge in [-0.1, -0.05) is 17.7 Å². The van der Waals surface area contributed by atoms with Gasteiger partial charge in [-0.05, 0) is 50.9 Å². The van der Waals surface area contributed by atoms with Crippen LogP contribution in [0.25, 0.3) is 0 Å². The second-order valence-corrected chi connectivity index (χ2v) is 5.86. The second-order valence-electron chi connectivity index (χ2n) is 5.86. The summed E-state index contributed by atoms with van der Waals surface area (Å²) < 4.78 is 0. The van der Waals surface area contributed by atoms with E-state index in [9.17, 15) is 4.79 Å². The summed E-state index contributed by atoms with van der Waals surface area (Å²) in [5, 5.41) is 6.23. The largest absolute Gasteiger partial charge is 0.356 e. The topological polar surface area (TPSA) is 41.1 Å². The van der Waals surface area contributed by atoms with Gasteiger partial charge in [0.2, 0.25) is 5.91 Å². The molecule has 19 heavy (non-hydrogen) atoms. The molecule has 3 heteroatoms. The minimum Gasteiger partial charge on any atom is -0.356 e. The summed E-state index contributed by atoms with van der Waals surface area (Å²) >= 11 is 0. The molecule has 1 fully saturated rings. The van der Waals surface area contributed by atoms with E-state index in [0.717, 1.165) is 19.5 Å². The number of likely N-dealkylation sites (N-methyl/N-ethyl adjacent to an activating group) is 1. The van der Waals surface area contributed by atoms with E-state index < -0.39 is 0 Å². The van der Waals surface area contributed by atoms with Gasteiger partial charge in [0.25, 0.3) is 0 Å². The van der Waals surface area contributed by atoms with Crippen molar-refractivity contribution < 1.29 is 4.79 Å². The summed E-state index contributed by atoms with van der Waals surface area (Å²) in [6.45, 7) is 8.08. The molecule has 104 valence electrons. The Kier molecular flexibility index (Phi) is 3.95. The van der Waals surface area contributed by atoms with Crippen LogP contribution in [-0.2, 0) is 10.2 Å². The van der Waals surface area contributed by atoms with E-state index in [2.05, 4.69) is 43.5 Å². The van der Waals surface area contributed by atoms with Crippen molar-refractivity contribution in [2.45, 2.75) is 39.0 Å². The van der Waals surface area contributed by atoms with Crippen molar-refractivity contribution in [3.63, 3.8) is 0 Å². The molecule has 1 aromatic carbocycles. The third-order valence-corrected chi connectivity index (χ3v) is 4.15. The molecule has 1 amide bonds. The van der Waals surface area contributed by atoms with Crippen molar-refractivity contribution in [1.82, 2.24) is 10.6 Å². The van der Waals surface area contributed by atoms with Crippen molar-refractivity contribution in [2.75, 3.05) is 20.1 Å². The number of carbonyl (C=O) groups excluding carboxylic acids is 1. The molecule has 0 saturated carbocycles. The van der Waals surface area contributed by atoms with Gasteiger partial charge in [0, 0.05) is 24.9 Å². The first-order valence-electron chi connectivity index (χ1n) is 6.98. The molecule has 1 heterocycles. The molecule has 1 aliphatic heterocycles. The van der Waals surface area contributed by atoms with E-state index in [4.69, 9.17) is 0 Å². The standard InChI is InChI=1S/C16H24N2O/c1-11-7-12(2)15(13(3)8-11)16(10-17-4)5-6-18-14(19)9-16/h7-8,17H,5-6,9-10H2,1-4H3,(H,18,19). The van der Waals surface area contributed by atoms with Crippen LogP contribution in [0.4, 0.5) is 0 Å². The molecule has 1 aliphatic rings. The first kappa shape index (κ1) is 14.1. The normalized spacial score (nSPS) is 23.3. The Hall–Kier alpha value is -1.35. The second kappa shape index (κ2) is 5.33. The maximum Gasteiger partial charge on any atom is 0.220 e. The summed E-state index contributed by atoms with van der Waals surface area (Å²) in [4.78, 5) is 11.9. The summed E-state index contributed by atoms with van der Waals surface area (Å²) in [6, 6.07) is 4.46. The number of rotatable bonds is 3. The smallest absolute Gasteiger partial charge is 0.220 e. The van der Waals surface area contributed by atoms with Crippen LogP contribution in [0.1, 0.15) is 35.1 Å². The molecule has 0 bridgehead atoms. The SMILES string of the molecule is CNCC1(c2c(C)cc(C)cc2C)CCNC(=O)C1. The molecular formula is C16H24N2O. The Balaban J connectivity index is 2.53. The first-order chi connectivity index (χ1) is 8.98. The maximum absolute atomic E-state index is 11.9. The lowest BCUT2D eigenvalue weighted by Gasteiger charge is -2.39. The molecule has 0 aliphatic carbocycles. The predicted molar refractivity (Wildman–Crippen MR) is 78.5 cm³/mol. The van der Waals surface area contributed by atoms with Crippen molar-refractivity contribution >= 4 is 5.91 Å². The average Bonchev–Trinajstić information content (AvgIpc) is 2.27. The zero-order valence-corrected chi connectivity index (χ0v) is 12.4. The fourth-order valence-electron chi connectivity index (χ4n) is 3.71. The maximum atomic E-state index is 11.9. The van der Waals surface area contributed by atoms with Crippen LogP contribution >= 0.6 is 0 Å². The number of nitrogens with one attached hydrogen (secondary N) is 2. The van der Waals surface area contributed by atoms with Gasteiger partial charge in [0.1, 0.15) is 0 Å². The van der Waals surface area contributed by atoms with Gasteiger partial charge in [-0.15, -0.1) is 0 Å². The van der Waals surface area contributed by atoms with E-state index in [1.165, 1.54) is 22.3 Å². The fourth-order valence-corrected chi connectivity index (χ4v) is 3.71. The highest BCUT2D eigenvalue weighted by atomic mass is 16.1. The highest BCUT2D eigenvalue weighted by Crippen LogP contribution is 2.37. The number of hydrogen-bond donors (Lipinski definition) is 2. The minimum atomic E-state index is -0.0566. The molecule has 1 aromatic rings. The molecule has 1 saturated heterocycles. The lowest BCUT2D eigenvalue weighted by molar-refractivity contribution is -0.124. The van der Waals surface area contributed by atoms with Crippen LogP contribution in [0, 0.1) is 20.8 Å². The van der Waals surface area contributed by atoms with E-state index in [1.54, 1.807) is 0 Å². The quantitative estimate of drug-likeness (QED) is 0.872. The van der Waals surface area contributed by atoms with Crippen molar-refractivity contribution in [3.8, 4) is 0 Å². The molecule has 0 aromatic heterocycles. The van der Waals surface area contributed by atoms with Crippen LogP contribution in [0.5, 0.6) is 0 Å². The van der Waals surface area contributed by atoms with Crippen LogP contribution in [0.2, 0.25) is 0 Å². The molecule has 1 atom stereocenters. The molecule has 1 unspecified atom stereocenters. The highest BCUT2D eigenvalue weighted by molar-refractivity contribution is 5.79. The molecule has 2 N–H and O–H groups in total. The average molecular weight is 260 g/mol.